The Balaban J connectivity index is 1.38. The van der Waals surface area contributed by atoms with Crippen molar-refractivity contribution in [2.75, 3.05) is 6.61 Å². The number of aliphatic hydroxyl groups excluding tert-OH is 1. The van der Waals surface area contributed by atoms with Crippen molar-refractivity contribution in [1.29, 1.82) is 0 Å². The van der Waals surface area contributed by atoms with Crippen molar-refractivity contribution >= 4 is 23.5 Å². The Morgan fingerprint density at radius 2 is 2.06 bits per heavy atom. The predicted molar refractivity (Wildman–Crippen MR) is 122 cm³/mol. The molecule has 4 rings (SSSR count). The van der Waals surface area contributed by atoms with Gasteiger partial charge < -0.3 is 20.1 Å². The Labute approximate surface area is 189 Å². The lowest BCUT2D eigenvalue weighted by Crippen LogP contribution is -2.39. The number of amides is 2. The Kier molecular flexibility index (Phi) is 6.98. The van der Waals surface area contributed by atoms with Crippen LogP contribution in [0.5, 0.6) is 5.75 Å². The predicted octanol–water partition coefficient (Wildman–Crippen LogP) is 2.68. The summed E-state index contributed by atoms with van der Waals surface area (Å²) in [6.07, 6.45) is 7.99. The van der Waals surface area contributed by atoms with E-state index in [1.165, 1.54) is 25.7 Å². The molecule has 3 N–H and O–H groups in total. The van der Waals surface area contributed by atoms with Gasteiger partial charge >= 0.3 is 0 Å². The van der Waals surface area contributed by atoms with E-state index < -0.39 is 6.04 Å². The monoisotopic (exact) mass is 442 g/mol. The first-order valence-corrected chi connectivity index (χ1v) is 11.8. The maximum Gasteiger partial charge on any atom is 0.251 e. The van der Waals surface area contributed by atoms with Gasteiger partial charge in [-0.3, -0.25) is 14.9 Å². The number of carbonyl (C=O) groups excluding carboxylic acids is 2. The number of guanidine groups is 1. The molecule has 2 aliphatic heterocycles. The molecule has 174 valence electrons. The molecule has 8 nitrogen and oxygen atoms in total. The number of benzene rings is 1. The highest BCUT2D eigenvalue weighted by atomic mass is 16.5. The Morgan fingerprint density at radius 1 is 1.31 bits per heavy atom. The molecule has 8 heteroatoms. The quantitative estimate of drug-likeness (QED) is 0.564. The van der Waals surface area contributed by atoms with Crippen LogP contribution >= 0.6 is 0 Å². The highest BCUT2D eigenvalue weighted by Crippen LogP contribution is 2.38. The molecular weight excluding hydrogens is 408 g/mol. The first-order valence-electron chi connectivity index (χ1n) is 11.8. The van der Waals surface area contributed by atoms with Crippen LogP contribution in [0, 0.1) is 6.92 Å². The lowest BCUT2D eigenvalue weighted by Gasteiger charge is -2.28. The van der Waals surface area contributed by atoms with E-state index in [-0.39, 0.29) is 24.5 Å². The Bertz CT molecular complexity index is 892. The number of aliphatic imine (C=N–C) groups is 1. The third-order valence-electron chi connectivity index (χ3n) is 6.54. The minimum absolute atomic E-state index is 0.0956. The molecule has 2 fully saturated rings. The van der Waals surface area contributed by atoms with E-state index in [9.17, 15) is 14.7 Å². The van der Waals surface area contributed by atoms with Crippen LogP contribution in [0.25, 0.3) is 0 Å². The summed E-state index contributed by atoms with van der Waals surface area (Å²) in [6, 6.07) is 3.68. The summed E-state index contributed by atoms with van der Waals surface area (Å²) in [7, 11) is 0. The van der Waals surface area contributed by atoms with E-state index in [0.717, 1.165) is 24.0 Å². The molecule has 32 heavy (non-hydrogen) atoms. The summed E-state index contributed by atoms with van der Waals surface area (Å²) in [4.78, 5) is 30.9. The second kappa shape index (κ2) is 9.90. The second-order valence-electron chi connectivity index (χ2n) is 9.24. The number of nitrogens with one attached hydrogen (secondary N) is 2. The first kappa shape index (κ1) is 22.6. The summed E-state index contributed by atoms with van der Waals surface area (Å²) in [6.45, 7) is 4.19. The van der Waals surface area contributed by atoms with Gasteiger partial charge in [-0.25, -0.2) is 4.99 Å². The number of aryl methyl sites for hydroxylation is 1. The van der Waals surface area contributed by atoms with Crippen LogP contribution in [-0.2, 0) is 16.1 Å². The number of aliphatic hydroxyl groups is 1. The van der Waals surface area contributed by atoms with Crippen LogP contribution < -0.4 is 15.4 Å². The summed E-state index contributed by atoms with van der Waals surface area (Å²) >= 11 is 0. The molecule has 1 saturated heterocycles. The lowest BCUT2D eigenvalue weighted by molar-refractivity contribution is -0.123. The molecule has 1 aliphatic carbocycles. The van der Waals surface area contributed by atoms with Crippen LogP contribution in [0.4, 0.5) is 5.69 Å². The second-order valence-corrected chi connectivity index (χ2v) is 9.24. The Hall–Kier alpha value is -2.61. The van der Waals surface area contributed by atoms with Crippen LogP contribution in [0.2, 0.25) is 0 Å². The number of hydrogen-bond donors (Lipinski definition) is 3. The van der Waals surface area contributed by atoms with Crippen molar-refractivity contribution in [2.45, 2.75) is 89.9 Å². The van der Waals surface area contributed by atoms with Crippen molar-refractivity contribution in [2.24, 2.45) is 4.99 Å². The molecule has 1 aromatic carbocycles. The molecule has 2 amide bonds. The fourth-order valence-electron chi connectivity index (χ4n) is 4.79. The highest BCUT2D eigenvalue weighted by molar-refractivity contribution is 6.08. The molecule has 2 atom stereocenters. The molecule has 0 bridgehead atoms. The highest BCUT2D eigenvalue weighted by Gasteiger charge is 2.39. The van der Waals surface area contributed by atoms with E-state index in [0.29, 0.717) is 42.8 Å². The summed E-state index contributed by atoms with van der Waals surface area (Å²) < 4.78 is 6.21. The zero-order valence-electron chi connectivity index (χ0n) is 19.0. The lowest BCUT2D eigenvalue weighted by atomic mass is 10.1. The first-order chi connectivity index (χ1) is 15.4. The van der Waals surface area contributed by atoms with Crippen LogP contribution in [0.3, 0.4) is 0 Å². The van der Waals surface area contributed by atoms with Gasteiger partial charge in [-0.2, -0.15) is 0 Å². The molecule has 1 saturated carbocycles. The number of rotatable bonds is 7. The van der Waals surface area contributed by atoms with E-state index >= 15 is 0 Å². The van der Waals surface area contributed by atoms with Crippen molar-refractivity contribution in [3.63, 3.8) is 0 Å². The average molecular weight is 443 g/mol. The average Bonchev–Trinajstić information content (AvgIpc) is 2.89. The van der Waals surface area contributed by atoms with E-state index in [1.807, 2.05) is 26.0 Å². The van der Waals surface area contributed by atoms with Gasteiger partial charge in [-0.15, -0.1) is 0 Å². The van der Waals surface area contributed by atoms with Gasteiger partial charge in [0, 0.05) is 24.6 Å². The van der Waals surface area contributed by atoms with Crippen LogP contribution in [0.1, 0.15) is 69.4 Å². The third kappa shape index (κ3) is 5.06. The van der Waals surface area contributed by atoms with Crippen LogP contribution in [-0.4, -0.2) is 52.6 Å². The van der Waals surface area contributed by atoms with E-state index in [4.69, 9.17) is 4.74 Å². The topological polar surface area (TPSA) is 103 Å². The summed E-state index contributed by atoms with van der Waals surface area (Å²) in [5.41, 5.74) is 2.70. The van der Waals surface area contributed by atoms with Gasteiger partial charge in [0.25, 0.3) is 5.91 Å². The standard InChI is InChI=1S/C24H34N4O4/c1-15-11-17-13-28-19(14-29)23(31)27-24(28)26-22(17)20(12-15)32-16(2)9-10-21(30)25-18-7-5-3-4-6-8-18/h11-12,16,18-19,29H,3-10,13-14H2,1-2H3,(H,25,30)(H,26,27,31). The zero-order chi connectivity index (χ0) is 22.7. The van der Waals surface area contributed by atoms with Gasteiger partial charge in [0.2, 0.25) is 11.9 Å². The van der Waals surface area contributed by atoms with Crippen molar-refractivity contribution < 1.29 is 19.4 Å². The van der Waals surface area contributed by atoms with E-state index in [2.05, 4.69) is 15.6 Å². The molecular formula is C24H34N4O4. The number of fused-ring (bicyclic) bond motifs is 2. The molecule has 2 unspecified atom stereocenters. The molecule has 2 heterocycles. The fourth-order valence-corrected chi connectivity index (χ4v) is 4.79. The molecule has 0 aromatic heterocycles. The van der Waals surface area contributed by atoms with Gasteiger partial charge in [-0.05, 0) is 44.7 Å². The van der Waals surface area contributed by atoms with Gasteiger partial charge in [0.15, 0.2) is 0 Å². The maximum absolute atomic E-state index is 12.4. The summed E-state index contributed by atoms with van der Waals surface area (Å²) in [5, 5.41) is 15.5. The van der Waals surface area contributed by atoms with E-state index in [1.54, 1.807) is 4.90 Å². The largest absolute Gasteiger partial charge is 0.488 e. The van der Waals surface area contributed by atoms with Gasteiger partial charge in [0.1, 0.15) is 17.5 Å². The SMILES string of the molecule is Cc1cc2c(c(OC(C)CCC(=O)NC3CCCCCC3)c1)N=C1NC(=O)C(CO)N1C2. The van der Waals surface area contributed by atoms with Crippen molar-refractivity contribution in [3.05, 3.63) is 23.3 Å². The Morgan fingerprint density at radius 3 is 2.78 bits per heavy atom. The summed E-state index contributed by atoms with van der Waals surface area (Å²) in [5.74, 6) is 0.959. The third-order valence-corrected chi connectivity index (χ3v) is 6.54. The molecule has 3 aliphatic rings. The molecule has 0 spiro atoms. The minimum Gasteiger partial charge on any atom is -0.488 e. The molecule has 0 radical (unpaired) electrons. The number of carbonyl (C=O) groups is 2. The van der Waals surface area contributed by atoms with Crippen molar-refractivity contribution in [3.8, 4) is 5.75 Å². The molecule has 1 aromatic rings. The number of hydrogen-bond acceptors (Lipinski definition) is 6. The smallest absolute Gasteiger partial charge is 0.251 e. The van der Waals surface area contributed by atoms with Gasteiger partial charge in [0.05, 0.1) is 12.7 Å². The van der Waals surface area contributed by atoms with Crippen LogP contribution in [0.15, 0.2) is 17.1 Å². The number of ether oxygens (including phenoxy) is 1. The van der Waals surface area contributed by atoms with Crippen molar-refractivity contribution in [1.82, 2.24) is 15.5 Å². The van der Waals surface area contributed by atoms with Gasteiger partial charge in [-0.1, -0.05) is 31.7 Å². The fraction of sp³-hybridized carbons (Fsp3) is 0.625. The number of nitrogens with zero attached hydrogens (tertiary/aromatic N) is 2. The normalized spacial score (nSPS) is 21.7. The zero-order valence-corrected chi connectivity index (χ0v) is 19.0. The maximum atomic E-state index is 12.4. The minimum atomic E-state index is -0.613.